The standard InChI is InChI=1S/C6H9BO2.C2H6/c1-3-5-6(4-2)7(8)9;1-2/h3-5,8-9H,1-2H2;1-2H3/b6-5+;. The lowest BCUT2D eigenvalue weighted by Crippen LogP contribution is -2.13. The molecule has 0 radical (unpaired) electrons. The topological polar surface area (TPSA) is 40.5 Å². The van der Waals surface area contributed by atoms with Crippen LogP contribution in [0.1, 0.15) is 13.8 Å². The molecule has 2 N–H and O–H groups in total. The Hall–Kier alpha value is -0.795. The second-order valence-electron chi connectivity index (χ2n) is 1.48. The van der Waals surface area contributed by atoms with Crippen molar-refractivity contribution in [2.45, 2.75) is 13.8 Å². The summed E-state index contributed by atoms with van der Waals surface area (Å²) in [4.78, 5) is 0. The van der Waals surface area contributed by atoms with E-state index >= 15 is 0 Å². The minimum absolute atomic E-state index is 0.352. The van der Waals surface area contributed by atoms with Crippen molar-refractivity contribution in [3.63, 3.8) is 0 Å². The third-order valence-corrected chi connectivity index (χ3v) is 0.844. The minimum Gasteiger partial charge on any atom is -0.423 e. The van der Waals surface area contributed by atoms with Crippen LogP contribution in [0.15, 0.2) is 36.9 Å². The molecule has 0 aliphatic carbocycles. The molecule has 0 unspecified atom stereocenters. The zero-order valence-corrected chi connectivity index (χ0v) is 7.12. The highest BCUT2D eigenvalue weighted by Gasteiger charge is 2.08. The van der Waals surface area contributed by atoms with Gasteiger partial charge in [-0.05, 0) is 5.47 Å². The molecule has 0 bridgehead atoms. The maximum atomic E-state index is 8.51. The Morgan fingerprint density at radius 2 is 1.73 bits per heavy atom. The summed E-state index contributed by atoms with van der Waals surface area (Å²) in [5.41, 5.74) is 0.352. The number of allylic oxidation sites excluding steroid dienone is 4. The summed E-state index contributed by atoms with van der Waals surface area (Å²) in [5, 5.41) is 17.0. The molecule has 11 heavy (non-hydrogen) atoms. The van der Waals surface area contributed by atoms with Gasteiger partial charge in [-0.3, -0.25) is 0 Å². The summed E-state index contributed by atoms with van der Waals surface area (Å²) in [7, 11) is -1.44. The quantitative estimate of drug-likeness (QED) is 0.475. The first-order valence-corrected chi connectivity index (χ1v) is 3.53. The third-order valence-electron chi connectivity index (χ3n) is 0.844. The average Bonchev–Trinajstić information content (AvgIpc) is 2.03. The molecule has 0 aromatic carbocycles. The Labute approximate surface area is 68.7 Å². The molecule has 3 heteroatoms. The lowest BCUT2D eigenvalue weighted by molar-refractivity contribution is 0.420. The summed E-state index contributed by atoms with van der Waals surface area (Å²) in [6.45, 7) is 10.7. The highest BCUT2D eigenvalue weighted by Crippen LogP contribution is 1.95. The van der Waals surface area contributed by atoms with Crippen molar-refractivity contribution in [2.24, 2.45) is 0 Å². The molecule has 0 saturated carbocycles. The van der Waals surface area contributed by atoms with Gasteiger partial charge in [-0.1, -0.05) is 45.2 Å². The maximum Gasteiger partial charge on any atom is 0.488 e. The monoisotopic (exact) mass is 154 g/mol. The molecule has 0 amide bonds. The Kier molecular flexibility index (Phi) is 10.7. The normalized spacial score (nSPS) is 9.27. The summed E-state index contributed by atoms with van der Waals surface area (Å²) in [6.07, 6.45) is 4.32. The summed E-state index contributed by atoms with van der Waals surface area (Å²) >= 11 is 0. The number of rotatable bonds is 3. The van der Waals surface area contributed by atoms with Gasteiger partial charge in [0.2, 0.25) is 0 Å². The number of hydrogen-bond acceptors (Lipinski definition) is 2. The molecule has 0 atom stereocenters. The molecule has 0 fully saturated rings. The predicted octanol–water partition coefficient (Wildman–Crippen LogP) is 1.32. The molecule has 0 aliphatic heterocycles. The van der Waals surface area contributed by atoms with Crippen molar-refractivity contribution in [1.82, 2.24) is 0 Å². The zero-order valence-electron chi connectivity index (χ0n) is 7.12. The van der Waals surface area contributed by atoms with Crippen molar-refractivity contribution in [3.05, 3.63) is 36.9 Å². The fourth-order valence-electron chi connectivity index (χ4n) is 0.396. The van der Waals surface area contributed by atoms with E-state index in [0.29, 0.717) is 5.47 Å². The summed E-state index contributed by atoms with van der Waals surface area (Å²) in [6, 6.07) is 0. The Balaban J connectivity index is 0. The predicted molar refractivity (Wildman–Crippen MR) is 50.0 cm³/mol. The zero-order chi connectivity index (χ0) is 9.28. The summed E-state index contributed by atoms with van der Waals surface area (Å²) < 4.78 is 0. The first-order valence-electron chi connectivity index (χ1n) is 3.53. The van der Waals surface area contributed by atoms with Crippen LogP contribution in [-0.4, -0.2) is 17.2 Å². The second-order valence-corrected chi connectivity index (χ2v) is 1.48. The molecule has 62 valence electrons. The van der Waals surface area contributed by atoms with Crippen LogP contribution in [0.25, 0.3) is 0 Å². The Morgan fingerprint density at radius 3 is 1.82 bits per heavy atom. The Morgan fingerprint density at radius 1 is 1.27 bits per heavy atom. The molecule has 2 nitrogen and oxygen atoms in total. The molecule has 0 rings (SSSR count). The van der Waals surface area contributed by atoms with Crippen molar-refractivity contribution in [1.29, 1.82) is 0 Å². The smallest absolute Gasteiger partial charge is 0.423 e. The first-order chi connectivity index (χ1) is 5.22. The van der Waals surface area contributed by atoms with Crippen LogP contribution in [-0.2, 0) is 0 Å². The van der Waals surface area contributed by atoms with E-state index in [9.17, 15) is 0 Å². The van der Waals surface area contributed by atoms with E-state index in [2.05, 4.69) is 13.2 Å². The van der Waals surface area contributed by atoms with E-state index in [-0.39, 0.29) is 0 Å². The second kappa shape index (κ2) is 9.20. The SMILES string of the molecule is C=C/C=C(\C=C)B(O)O.CC. The van der Waals surface area contributed by atoms with Gasteiger partial charge < -0.3 is 10.0 Å². The van der Waals surface area contributed by atoms with Crippen molar-refractivity contribution >= 4 is 7.12 Å². The van der Waals surface area contributed by atoms with Crippen LogP contribution >= 0.6 is 0 Å². The molecule has 0 aromatic rings. The molecule has 0 spiro atoms. The minimum atomic E-state index is -1.44. The maximum absolute atomic E-state index is 8.51. The van der Waals surface area contributed by atoms with Gasteiger partial charge in [0, 0.05) is 0 Å². The lowest BCUT2D eigenvalue weighted by atomic mass is 9.79. The van der Waals surface area contributed by atoms with Crippen LogP contribution in [0.2, 0.25) is 0 Å². The molecular weight excluding hydrogens is 139 g/mol. The third kappa shape index (κ3) is 7.10. The first kappa shape index (κ1) is 12.8. The van der Waals surface area contributed by atoms with Crippen LogP contribution in [0.4, 0.5) is 0 Å². The Bertz CT molecular complexity index is 139. The van der Waals surface area contributed by atoms with E-state index in [1.807, 2.05) is 13.8 Å². The van der Waals surface area contributed by atoms with E-state index in [1.165, 1.54) is 18.2 Å². The van der Waals surface area contributed by atoms with Crippen molar-refractivity contribution in [2.75, 3.05) is 0 Å². The highest BCUT2D eigenvalue weighted by molar-refractivity contribution is 6.51. The van der Waals surface area contributed by atoms with Gasteiger partial charge in [-0.15, -0.1) is 0 Å². The van der Waals surface area contributed by atoms with Crippen LogP contribution in [0.5, 0.6) is 0 Å². The van der Waals surface area contributed by atoms with Gasteiger partial charge in [0.05, 0.1) is 0 Å². The molecule has 0 saturated heterocycles. The van der Waals surface area contributed by atoms with Crippen LogP contribution in [0, 0.1) is 0 Å². The molecule has 0 aliphatic rings. The molecule has 0 aromatic heterocycles. The van der Waals surface area contributed by atoms with Gasteiger partial charge in [-0.2, -0.15) is 0 Å². The van der Waals surface area contributed by atoms with Crippen molar-refractivity contribution in [3.8, 4) is 0 Å². The average molecular weight is 154 g/mol. The van der Waals surface area contributed by atoms with E-state index in [4.69, 9.17) is 10.0 Å². The van der Waals surface area contributed by atoms with Gasteiger partial charge in [0.15, 0.2) is 0 Å². The highest BCUT2D eigenvalue weighted by atomic mass is 16.4. The fourth-order valence-corrected chi connectivity index (χ4v) is 0.396. The largest absolute Gasteiger partial charge is 0.488 e. The summed E-state index contributed by atoms with van der Waals surface area (Å²) in [5.74, 6) is 0. The van der Waals surface area contributed by atoms with Crippen molar-refractivity contribution < 1.29 is 10.0 Å². The van der Waals surface area contributed by atoms with Gasteiger partial charge in [-0.25, -0.2) is 0 Å². The fraction of sp³-hybridized carbons (Fsp3) is 0.250. The number of hydrogen-bond donors (Lipinski definition) is 2. The van der Waals surface area contributed by atoms with Gasteiger partial charge in [0.25, 0.3) is 0 Å². The van der Waals surface area contributed by atoms with E-state index < -0.39 is 7.12 Å². The van der Waals surface area contributed by atoms with E-state index in [0.717, 1.165) is 0 Å². The molecule has 0 heterocycles. The van der Waals surface area contributed by atoms with Gasteiger partial charge in [0.1, 0.15) is 0 Å². The molecular formula is C8H15BO2. The lowest BCUT2D eigenvalue weighted by Gasteiger charge is -1.94. The van der Waals surface area contributed by atoms with Gasteiger partial charge >= 0.3 is 7.12 Å². The van der Waals surface area contributed by atoms with Crippen LogP contribution in [0.3, 0.4) is 0 Å². The van der Waals surface area contributed by atoms with Crippen LogP contribution < -0.4 is 0 Å². The van der Waals surface area contributed by atoms with E-state index in [1.54, 1.807) is 0 Å².